The topological polar surface area (TPSA) is 46.1 Å². The Morgan fingerprint density at radius 3 is 2.09 bits per heavy atom. The van der Waals surface area contributed by atoms with Gasteiger partial charge in [0.25, 0.3) is 0 Å². The molecule has 0 radical (unpaired) electrons. The van der Waals surface area contributed by atoms with Crippen LogP contribution in [-0.4, -0.2) is 10.6 Å². The number of carbonyl (C=O) groups excluding carboxylic acids is 1. The zero-order valence-corrected chi connectivity index (χ0v) is 13.5. The number of anilines is 2. The first-order valence-electron chi connectivity index (χ1n) is 6.88. The molecule has 6 heteroatoms. The molecule has 2 aromatic carbocycles. The van der Waals surface area contributed by atoms with Gasteiger partial charge in [-0.1, -0.05) is 23.2 Å². The summed E-state index contributed by atoms with van der Waals surface area (Å²) < 4.78 is 1.99. The minimum atomic E-state index is -0.350. The minimum Gasteiger partial charge on any atom is -0.324 e. The van der Waals surface area contributed by atoms with E-state index < -0.39 is 0 Å². The quantitative estimate of drug-likeness (QED) is 0.653. The highest BCUT2D eigenvalue weighted by Gasteiger charge is 2.05. The van der Waals surface area contributed by atoms with Crippen molar-refractivity contribution in [2.45, 2.75) is 0 Å². The predicted molar refractivity (Wildman–Crippen MR) is 94.9 cm³/mol. The molecule has 0 aliphatic heterocycles. The molecule has 3 aromatic rings. The largest absolute Gasteiger partial charge is 0.324 e. The molecule has 0 aliphatic rings. The Bertz CT molecular complexity index is 814. The molecule has 23 heavy (non-hydrogen) atoms. The average Bonchev–Trinajstić information content (AvgIpc) is 3.06. The molecule has 0 saturated carbocycles. The fourth-order valence-corrected chi connectivity index (χ4v) is 2.39. The highest BCUT2D eigenvalue weighted by atomic mass is 35.5. The van der Waals surface area contributed by atoms with Crippen LogP contribution in [0.1, 0.15) is 0 Å². The maximum atomic E-state index is 12.0. The summed E-state index contributed by atoms with van der Waals surface area (Å²) in [5.74, 6) is 0. The first-order chi connectivity index (χ1) is 11.1. The van der Waals surface area contributed by atoms with Crippen LogP contribution in [-0.2, 0) is 0 Å². The Morgan fingerprint density at radius 2 is 1.43 bits per heavy atom. The number of hydrogen-bond acceptors (Lipinski definition) is 1. The highest BCUT2D eigenvalue weighted by molar-refractivity contribution is 6.42. The molecule has 2 amide bonds. The van der Waals surface area contributed by atoms with Gasteiger partial charge < -0.3 is 15.2 Å². The maximum Gasteiger partial charge on any atom is 0.323 e. The van der Waals surface area contributed by atoms with Crippen LogP contribution >= 0.6 is 23.2 Å². The van der Waals surface area contributed by atoms with Gasteiger partial charge in [0, 0.05) is 29.5 Å². The van der Waals surface area contributed by atoms with E-state index in [0.717, 1.165) is 5.69 Å². The predicted octanol–water partition coefficient (Wildman–Crippen LogP) is 5.43. The zero-order chi connectivity index (χ0) is 16.2. The van der Waals surface area contributed by atoms with Crippen molar-refractivity contribution in [2.75, 3.05) is 10.6 Å². The lowest BCUT2D eigenvalue weighted by Crippen LogP contribution is -2.19. The number of halogens is 2. The van der Waals surface area contributed by atoms with E-state index in [4.69, 9.17) is 23.2 Å². The first kappa shape index (κ1) is 15.5. The molecule has 2 N–H and O–H groups in total. The molecule has 0 saturated heterocycles. The van der Waals surface area contributed by atoms with Crippen LogP contribution in [0.3, 0.4) is 0 Å². The summed E-state index contributed by atoms with van der Waals surface area (Å²) in [5.41, 5.74) is 2.28. The van der Waals surface area contributed by atoms with Gasteiger partial charge in [0.2, 0.25) is 0 Å². The summed E-state index contributed by atoms with van der Waals surface area (Å²) in [6.45, 7) is 0. The number of nitrogens with zero attached hydrogens (tertiary/aromatic N) is 1. The van der Waals surface area contributed by atoms with Gasteiger partial charge in [-0.15, -0.1) is 0 Å². The molecule has 0 fully saturated rings. The van der Waals surface area contributed by atoms with Crippen molar-refractivity contribution in [3.8, 4) is 5.69 Å². The van der Waals surface area contributed by atoms with Crippen molar-refractivity contribution in [1.29, 1.82) is 0 Å². The highest BCUT2D eigenvalue weighted by Crippen LogP contribution is 2.25. The standard InChI is InChI=1S/C17H13Cl2N3O/c18-15-8-5-13(11-16(15)19)21-17(23)20-12-3-6-14(7-4-12)22-9-1-2-10-22/h1-11H,(H2,20,21,23). The maximum absolute atomic E-state index is 12.0. The van der Waals surface area contributed by atoms with E-state index in [-0.39, 0.29) is 6.03 Å². The molecule has 116 valence electrons. The van der Waals surface area contributed by atoms with Gasteiger partial charge in [0.05, 0.1) is 10.0 Å². The number of amides is 2. The fraction of sp³-hybridized carbons (Fsp3) is 0. The monoisotopic (exact) mass is 345 g/mol. The van der Waals surface area contributed by atoms with Crippen LogP contribution in [0.2, 0.25) is 10.0 Å². The van der Waals surface area contributed by atoms with E-state index in [9.17, 15) is 4.79 Å². The summed E-state index contributed by atoms with van der Waals surface area (Å²) in [6, 6.07) is 16.0. The van der Waals surface area contributed by atoms with Gasteiger partial charge in [-0.25, -0.2) is 4.79 Å². The van der Waals surface area contributed by atoms with Crippen molar-refractivity contribution >= 4 is 40.6 Å². The first-order valence-corrected chi connectivity index (χ1v) is 7.64. The second kappa shape index (κ2) is 6.77. The lowest BCUT2D eigenvalue weighted by atomic mass is 10.3. The molecule has 0 unspecified atom stereocenters. The van der Waals surface area contributed by atoms with E-state index in [1.165, 1.54) is 0 Å². The summed E-state index contributed by atoms with van der Waals surface area (Å²) in [5, 5.41) is 6.30. The Hall–Kier alpha value is -2.43. The molecule has 1 heterocycles. The van der Waals surface area contributed by atoms with E-state index in [1.54, 1.807) is 18.2 Å². The van der Waals surface area contributed by atoms with Crippen LogP contribution < -0.4 is 10.6 Å². The third-order valence-corrected chi connectivity index (χ3v) is 3.94. The second-order valence-electron chi connectivity index (χ2n) is 4.85. The zero-order valence-electron chi connectivity index (χ0n) is 12.0. The van der Waals surface area contributed by atoms with Gasteiger partial charge in [-0.2, -0.15) is 0 Å². The van der Waals surface area contributed by atoms with E-state index in [0.29, 0.717) is 21.4 Å². The van der Waals surface area contributed by atoms with Gasteiger partial charge in [0.1, 0.15) is 0 Å². The van der Waals surface area contributed by atoms with Gasteiger partial charge in [0.15, 0.2) is 0 Å². The van der Waals surface area contributed by atoms with Crippen molar-refractivity contribution in [3.05, 3.63) is 77.0 Å². The molecule has 0 aliphatic carbocycles. The van der Waals surface area contributed by atoms with Crippen LogP contribution in [0.5, 0.6) is 0 Å². The summed E-state index contributed by atoms with van der Waals surface area (Å²) in [7, 11) is 0. The van der Waals surface area contributed by atoms with Crippen LogP contribution in [0, 0.1) is 0 Å². The molecule has 1 aromatic heterocycles. The molecule has 3 rings (SSSR count). The lowest BCUT2D eigenvalue weighted by molar-refractivity contribution is 0.262. The molecular weight excluding hydrogens is 333 g/mol. The van der Waals surface area contributed by atoms with Crippen LogP contribution in [0.4, 0.5) is 16.2 Å². The normalized spacial score (nSPS) is 10.3. The number of nitrogens with one attached hydrogen (secondary N) is 2. The summed E-state index contributed by atoms with van der Waals surface area (Å²) >= 11 is 11.8. The van der Waals surface area contributed by atoms with E-state index in [2.05, 4.69) is 10.6 Å². The van der Waals surface area contributed by atoms with Crippen LogP contribution in [0.15, 0.2) is 67.0 Å². The average molecular weight is 346 g/mol. The summed E-state index contributed by atoms with van der Waals surface area (Å²) in [4.78, 5) is 12.0. The number of rotatable bonds is 3. The lowest BCUT2D eigenvalue weighted by Gasteiger charge is -2.09. The Labute approximate surface area is 143 Å². The van der Waals surface area contributed by atoms with Gasteiger partial charge in [-0.3, -0.25) is 0 Å². The van der Waals surface area contributed by atoms with Crippen molar-refractivity contribution in [1.82, 2.24) is 4.57 Å². The fourth-order valence-electron chi connectivity index (χ4n) is 2.09. The van der Waals surface area contributed by atoms with Crippen molar-refractivity contribution in [3.63, 3.8) is 0 Å². The smallest absolute Gasteiger partial charge is 0.323 e. The Balaban J connectivity index is 1.64. The molecule has 0 bridgehead atoms. The molecule has 4 nitrogen and oxygen atoms in total. The third kappa shape index (κ3) is 3.86. The number of carbonyl (C=O) groups is 1. The number of urea groups is 1. The van der Waals surface area contributed by atoms with Crippen molar-refractivity contribution in [2.24, 2.45) is 0 Å². The van der Waals surface area contributed by atoms with Gasteiger partial charge in [-0.05, 0) is 54.6 Å². The summed E-state index contributed by atoms with van der Waals surface area (Å²) in [6.07, 6.45) is 3.92. The van der Waals surface area contributed by atoms with Crippen LogP contribution in [0.25, 0.3) is 5.69 Å². The number of aromatic nitrogens is 1. The molecule has 0 atom stereocenters. The number of hydrogen-bond donors (Lipinski definition) is 2. The molecule has 0 spiro atoms. The SMILES string of the molecule is O=C(Nc1ccc(-n2cccc2)cc1)Nc1ccc(Cl)c(Cl)c1. The second-order valence-corrected chi connectivity index (χ2v) is 5.66. The molecular formula is C17H13Cl2N3O. The third-order valence-electron chi connectivity index (χ3n) is 3.21. The van der Waals surface area contributed by atoms with Crippen molar-refractivity contribution < 1.29 is 4.79 Å². The number of benzene rings is 2. The Kier molecular flexibility index (Phi) is 4.55. The minimum absolute atomic E-state index is 0.350. The Morgan fingerprint density at radius 1 is 0.826 bits per heavy atom. The van der Waals surface area contributed by atoms with E-state index >= 15 is 0 Å². The van der Waals surface area contributed by atoms with E-state index in [1.807, 2.05) is 53.4 Å². The van der Waals surface area contributed by atoms with Gasteiger partial charge >= 0.3 is 6.03 Å².